The van der Waals surface area contributed by atoms with Crippen LogP contribution in [0.5, 0.6) is 0 Å². The third kappa shape index (κ3) is 4.85. The van der Waals surface area contributed by atoms with Crippen molar-refractivity contribution >= 4 is 5.91 Å². The predicted octanol–water partition coefficient (Wildman–Crippen LogP) is 5.63. The summed E-state index contributed by atoms with van der Waals surface area (Å²) in [7, 11) is 0. The van der Waals surface area contributed by atoms with E-state index >= 15 is 0 Å². The van der Waals surface area contributed by atoms with E-state index in [1.807, 2.05) is 6.26 Å². The molecule has 0 radical (unpaired) electrons. The lowest BCUT2D eigenvalue weighted by molar-refractivity contribution is -0.146. The summed E-state index contributed by atoms with van der Waals surface area (Å²) in [5, 5.41) is 3.30. The van der Waals surface area contributed by atoms with Gasteiger partial charge in [-0.2, -0.15) is 0 Å². The Kier molecular flexibility index (Phi) is 7.84. The minimum Gasteiger partial charge on any atom is -0.472 e. The average Bonchev–Trinajstić information content (AvgIpc) is 3.23. The molecule has 3 rings (SSSR count). The van der Waals surface area contributed by atoms with Crippen molar-refractivity contribution < 1.29 is 9.21 Å². The Morgan fingerprint density at radius 3 is 2.80 bits per heavy atom. The van der Waals surface area contributed by atoms with Crippen molar-refractivity contribution in [3.8, 4) is 0 Å². The van der Waals surface area contributed by atoms with Gasteiger partial charge in [-0.1, -0.05) is 45.3 Å². The second kappa shape index (κ2) is 10.2. The highest BCUT2D eigenvalue weighted by atomic mass is 16.3. The van der Waals surface area contributed by atoms with E-state index in [1.54, 1.807) is 6.26 Å². The Morgan fingerprint density at radius 2 is 2.07 bits per heavy atom. The number of nitrogens with two attached hydrogens (primary N) is 1. The van der Waals surface area contributed by atoms with E-state index in [0.29, 0.717) is 11.8 Å². The summed E-state index contributed by atoms with van der Waals surface area (Å²) in [6.45, 7) is 10.7. The van der Waals surface area contributed by atoms with Gasteiger partial charge in [-0.15, -0.1) is 0 Å². The normalized spacial score (nSPS) is 31.4. The quantitative estimate of drug-likeness (QED) is 0.385. The van der Waals surface area contributed by atoms with Gasteiger partial charge < -0.3 is 15.5 Å². The SMILES string of the molecule is C=C1CCC2[C@](C)(CCC[C@]2(C)C(=O)NCCCCCCN)[C@H]1CCc1ccoc1. The zero-order chi connectivity index (χ0) is 21.6. The lowest BCUT2D eigenvalue weighted by Crippen LogP contribution is -2.56. The van der Waals surface area contributed by atoms with E-state index in [4.69, 9.17) is 10.2 Å². The van der Waals surface area contributed by atoms with Gasteiger partial charge in [-0.05, 0) is 86.8 Å². The number of fused-ring (bicyclic) bond motifs is 1. The number of amides is 1. The molecule has 0 aromatic carbocycles. The highest BCUT2D eigenvalue weighted by Gasteiger charge is 2.56. The van der Waals surface area contributed by atoms with Gasteiger partial charge >= 0.3 is 0 Å². The third-order valence-corrected chi connectivity index (χ3v) is 8.26. The average molecular weight is 415 g/mol. The standard InChI is InChI=1S/C26H42N2O2/c1-20-9-12-23-25(2,22(20)11-10-21-13-18-30-19-21)14-8-15-26(23,3)24(29)28-17-7-5-4-6-16-27/h13,18-19,22-23H,1,4-12,14-17,27H2,2-3H3,(H,28,29)/t22-,23?,25+,26-/m0/s1. The first-order chi connectivity index (χ1) is 14.4. The minimum absolute atomic E-state index is 0.157. The molecule has 1 heterocycles. The summed E-state index contributed by atoms with van der Waals surface area (Å²) in [6, 6.07) is 2.07. The number of carbonyl (C=O) groups excluding carboxylic acids is 1. The van der Waals surface area contributed by atoms with Crippen LogP contribution < -0.4 is 11.1 Å². The second-order valence-corrected chi connectivity index (χ2v) is 10.2. The number of carbonyl (C=O) groups is 1. The molecular weight excluding hydrogens is 372 g/mol. The third-order valence-electron chi connectivity index (χ3n) is 8.26. The molecule has 1 aromatic rings. The lowest BCUT2D eigenvalue weighted by atomic mass is 9.46. The molecule has 4 atom stereocenters. The molecule has 1 aromatic heterocycles. The van der Waals surface area contributed by atoms with Crippen molar-refractivity contribution in [1.29, 1.82) is 0 Å². The molecule has 168 valence electrons. The van der Waals surface area contributed by atoms with E-state index in [0.717, 1.165) is 77.3 Å². The van der Waals surface area contributed by atoms with Crippen molar-refractivity contribution in [3.05, 3.63) is 36.3 Å². The number of allylic oxidation sites excluding steroid dienone is 1. The van der Waals surface area contributed by atoms with Crippen molar-refractivity contribution in [2.75, 3.05) is 13.1 Å². The molecular formula is C26H42N2O2. The molecule has 0 bridgehead atoms. The molecule has 0 aliphatic heterocycles. The topological polar surface area (TPSA) is 68.3 Å². The zero-order valence-electron chi connectivity index (χ0n) is 19.2. The number of hydrogen-bond acceptors (Lipinski definition) is 3. The van der Waals surface area contributed by atoms with Crippen LogP contribution >= 0.6 is 0 Å². The highest BCUT2D eigenvalue weighted by molar-refractivity contribution is 5.83. The molecule has 0 saturated heterocycles. The van der Waals surface area contributed by atoms with E-state index < -0.39 is 0 Å². The summed E-state index contributed by atoms with van der Waals surface area (Å²) in [4.78, 5) is 13.4. The van der Waals surface area contributed by atoms with Gasteiger partial charge in [0.2, 0.25) is 5.91 Å². The Balaban J connectivity index is 1.65. The van der Waals surface area contributed by atoms with E-state index in [2.05, 4.69) is 31.8 Å². The number of furan rings is 1. The summed E-state index contributed by atoms with van der Waals surface area (Å²) in [5.74, 6) is 1.18. The molecule has 0 spiro atoms. The number of aryl methyl sites for hydroxylation is 1. The molecule has 1 unspecified atom stereocenters. The number of rotatable bonds is 10. The van der Waals surface area contributed by atoms with Crippen LogP contribution in [-0.2, 0) is 11.2 Å². The number of hydrogen-bond donors (Lipinski definition) is 2. The molecule has 4 nitrogen and oxygen atoms in total. The molecule has 2 saturated carbocycles. The van der Waals surface area contributed by atoms with Crippen LogP contribution in [0.15, 0.2) is 35.2 Å². The van der Waals surface area contributed by atoms with Crippen LogP contribution in [0.3, 0.4) is 0 Å². The summed E-state index contributed by atoms with van der Waals surface area (Å²) in [5.41, 5.74) is 8.12. The summed E-state index contributed by atoms with van der Waals surface area (Å²) in [6.07, 6.45) is 15.7. The van der Waals surface area contributed by atoms with Gasteiger partial charge in [-0.3, -0.25) is 4.79 Å². The van der Waals surface area contributed by atoms with Crippen molar-refractivity contribution in [3.63, 3.8) is 0 Å². The maximum atomic E-state index is 13.4. The molecule has 3 N–H and O–H groups in total. The molecule has 4 heteroatoms. The van der Waals surface area contributed by atoms with Crippen LogP contribution in [-0.4, -0.2) is 19.0 Å². The fraction of sp³-hybridized carbons (Fsp3) is 0.731. The first-order valence-electron chi connectivity index (χ1n) is 12.1. The van der Waals surface area contributed by atoms with Crippen LogP contribution in [0.2, 0.25) is 0 Å². The predicted molar refractivity (Wildman–Crippen MR) is 123 cm³/mol. The first kappa shape index (κ1) is 23.1. The minimum atomic E-state index is -0.265. The van der Waals surface area contributed by atoms with Crippen LogP contribution in [0.25, 0.3) is 0 Å². The number of unbranched alkanes of at least 4 members (excludes halogenated alkanes) is 3. The molecule has 2 aliphatic rings. The second-order valence-electron chi connectivity index (χ2n) is 10.2. The smallest absolute Gasteiger partial charge is 0.226 e. The van der Waals surface area contributed by atoms with Gasteiger partial charge in [-0.25, -0.2) is 0 Å². The van der Waals surface area contributed by atoms with Crippen LogP contribution in [0.4, 0.5) is 0 Å². The Labute approximate surface area is 183 Å². The highest BCUT2D eigenvalue weighted by Crippen LogP contribution is 2.61. The fourth-order valence-corrected chi connectivity index (χ4v) is 6.53. The van der Waals surface area contributed by atoms with Crippen molar-refractivity contribution in [2.45, 2.75) is 84.5 Å². The van der Waals surface area contributed by atoms with Crippen LogP contribution in [0.1, 0.15) is 83.6 Å². The van der Waals surface area contributed by atoms with E-state index in [9.17, 15) is 4.79 Å². The summed E-state index contributed by atoms with van der Waals surface area (Å²) < 4.78 is 5.26. The number of nitrogens with one attached hydrogen (secondary N) is 1. The fourth-order valence-electron chi connectivity index (χ4n) is 6.53. The molecule has 2 aliphatic carbocycles. The Hall–Kier alpha value is -1.55. The maximum absolute atomic E-state index is 13.4. The van der Waals surface area contributed by atoms with Gasteiger partial charge in [0.05, 0.1) is 12.5 Å². The van der Waals surface area contributed by atoms with Crippen LogP contribution in [0, 0.1) is 22.7 Å². The summed E-state index contributed by atoms with van der Waals surface area (Å²) >= 11 is 0. The Morgan fingerprint density at radius 1 is 1.27 bits per heavy atom. The van der Waals surface area contributed by atoms with Gasteiger partial charge in [0, 0.05) is 12.0 Å². The van der Waals surface area contributed by atoms with Gasteiger partial charge in [0.25, 0.3) is 0 Å². The molecule has 2 fully saturated rings. The van der Waals surface area contributed by atoms with Crippen molar-refractivity contribution in [1.82, 2.24) is 5.32 Å². The lowest BCUT2D eigenvalue weighted by Gasteiger charge is -2.58. The first-order valence-corrected chi connectivity index (χ1v) is 12.1. The van der Waals surface area contributed by atoms with Gasteiger partial charge in [0.15, 0.2) is 0 Å². The zero-order valence-corrected chi connectivity index (χ0v) is 19.2. The van der Waals surface area contributed by atoms with Gasteiger partial charge in [0.1, 0.15) is 0 Å². The maximum Gasteiger partial charge on any atom is 0.226 e. The molecule has 1 amide bonds. The monoisotopic (exact) mass is 414 g/mol. The Bertz CT molecular complexity index is 698. The van der Waals surface area contributed by atoms with Crippen molar-refractivity contribution in [2.24, 2.45) is 28.4 Å². The molecule has 30 heavy (non-hydrogen) atoms. The van der Waals surface area contributed by atoms with E-state index in [-0.39, 0.29) is 16.7 Å². The van der Waals surface area contributed by atoms with E-state index in [1.165, 1.54) is 17.6 Å². The largest absolute Gasteiger partial charge is 0.472 e.